The Morgan fingerprint density at radius 2 is 1.89 bits per heavy atom. The zero-order chi connectivity index (χ0) is 13.1. The van der Waals surface area contributed by atoms with Crippen LogP contribution in [0.1, 0.15) is 44.2 Å². The molecule has 1 N–H and O–H groups in total. The van der Waals surface area contributed by atoms with Gasteiger partial charge in [-0.3, -0.25) is 4.90 Å². The highest BCUT2D eigenvalue weighted by Crippen LogP contribution is 2.31. The van der Waals surface area contributed by atoms with Crippen molar-refractivity contribution in [1.82, 2.24) is 10.2 Å². The van der Waals surface area contributed by atoms with Gasteiger partial charge >= 0.3 is 0 Å². The highest BCUT2D eigenvalue weighted by molar-refractivity contribution is 5.19. The van der Waals surface area contributed by atoms with E-state index in [0.717, 1.165) is 18.5 Å². The molecule has 0 bridgehead atoms. The van der Waals surface area contributed by atoms with Crippen molar-refractivity contribution >= 4 is 0 Å². The summed E-state index contributed by atoms with van der Waals surface area (Å²) in [7, 11) is 0. The van der Waals surface area contributed by atoms with Gasteiger partial charge in [-0.25, -0.2) is 0 Å². The first kappa shape index (κ1) is 13.1. The van der Waals surface area contributed by atoms with Crippen LogP contribution in [0.3, 0.4) is 0 Å². The predicted octanol–water partition coefficient (Wildman–Crippen LogP) is 3.21. The summed E-state index contributed by atoms with van der Waals surface area (Å²) in [6.07, 6.45) is 5.79. The minimum absolute atomic E-state index is 0.513. The normalized spacial score (nSPS) is 27.5. The molecule has 1 aromatic rings. The Kier molecular flexibility index (Phi) is 4.19. The molecule has 2 aliphatic rings. The van der Waals surface area contributed by atoms with Gasteiger partial charge in [-0.1, -0.05) is 43.2 Å². The van der Waals surface area contributed by atoms with Crippen molar-refractivity contribution in [2.24, 2.45) is 5.92 Å². The minimum atomic E-state index is 0.513. The van der Waals surface area contributed by atoms with Crippen molar-refractivity contribution in [2.75, 3.05) is 19.6 Å². The molecule has 1 aromatic carbocycles. The lowest BCUT2D eigenvalue weighted by molar-refractivity contribution is 0.115. The van der Waals surface area contributed by atoms with Crippen LogP contribution < -0.4 is 5.32 Å². The van der Waals surface area contributed by atoms with Crippen molar-refractivity contribution in [1.29, 1.82) is 0 Å². The Morgan fingerprint density at radius 1 is 1.16 bits per heavy atom. The highest BCUT2D eigenvalue weighted by Gasteiger charge is 2.30. The molecule has 0 radical (unpaired) electrons. The third-order valence-electron chi connectivity index (χ3n) is 5.07. The van der Waals surface area contributed by atoms with Crippen molar-refractivity contribution in [3.05, 3.63) is 35.9 Å². The van der Waals surface area contributed by atoms with E-state index in [9.17, 15) is 0 Å². The van der Waals surface area contributed by atoms with Gasteiger partial charge in [0.05, 0.1) is 0 Å². The standard InChI is InChI=1S/C17H26N2/c1-14(15-7-5-6-8-15)19-12-11-18-17(13-19)16-9-3-2-4-10-16/h2-4,9-10,14-15,17-18H,5-8,11-13H2,1H3. The van der Waals surface area contributed by atoms with Gasteiger partial charge in [0.1, 0.15) is 0 Å². The van der Waals surface area contributed by atoms with Crippen LogP contribution in [0, 0.1) is 5.92 Å². The second-order valence-corrected chi connectivity index (χ2v) is 6.20. The molecule has 1 saturated carbocycles. The van der Waals surface area contributed by atoms with Gasteiger partial charge < -0.3 is 5.32 Å². The fraction of sp³-hybridized carbons (Fsp3) is 0.647. The molecule has 0 aromatic heterocycles. The molecule has 3 rings (SSSR count). The number of nitrogens with zero attached hydrogens (tertiary/aromatic N) is 1. The average molecular weight is 258 g/mol. The van der Waals surface area contributed by atoms with Crippen LogP contribution >= 0.6 is 0 Å². The van der Waals surface area contributed by atoms with Crippen LogP contribution in [0.15, 0.2) is 30.3 Å². The number of hydrogen-bond acceptors (Lipinski definition) is 2. The number of nitrogens with one attached hydrogen (secondary N) is 1. The lowest BCUT2D eigenvalue weighted by atomic mass is 9.96. The van der Waals surface area contributed by atoms with Gasteiger partial charge in [0.2, 0.25) is 0 Å². The van der Waals surface area contributed by atoms with E-state index in [1.54, 1.807) is 0 Å². The molecule has 2 atom stereocenters. The quantitative estimate of drug-likeness (QED) is 0.895. The van der Waals surface area contributed by atoms with E-state index >= 15 is 0 Å². The SMILES string of the molecule is CC(C1CCCC1)N1CCNC(c2ccccc2)C1. The van der Waals surface area contributed by atoms with Gasteiger partial charge in [-0.2, -0.15) is 0 Å². The third kappa shape index (κ3) is 3.01. The van der Waals surface area contributed by atoms with Crippen molar-refractivity contribution in [3.8, 4) is 0 Å². The van der Waals surface area contributed by atoms with E-state index < -0.39 is 0 Å². The first-order valence-electron chi connectivity index (χ1n) is 7.87. The van der Waals surface area contributed by atoms with Crippen LogP contribution in [0.5, 0.6) is 0 Å². The first-order valence-corrected chi connectivity index (χ1v) is 7.87. The molecule has 2 unspecified atom stereocenters. The lowest BCUT2D eigenvalue weighted by Crippen LogP contribution is -2.50. The van der Waals surface area contributed by atoms with E-state index in [0.29, 0.717) is 6.04 Å². The number of rotatable bonds is 3. The first-order chi connectivity index (χ1) is 9.34. The second-order valence-electron chi connectivity index (χ2n) is 6.20. The molecular weight excluding hydrogens is 232 g/mol. The molecule has 1 aliphatic heterocycles. The van der Waals surface area contributed by atoms with Crippen LogP contribution in [-0.2, 0) is 0 Å². The zero-order valence-electron chi connectivity index (χ0n) is 12.0. The summed E-state index contributed by atoms with van der Waals surface area (Å²) < 4.78 is 0. The Labute approximate surface area is 117 Å². The maximum absolute atomic E-state index is 3.67. The van der Waals surface area contributed by atoms with Crippen molar-refractivity contribution < 1.29 is 0 Å². The summed E-state index contributed by atoms with van der Waals surface area (Å²) in [5, 5.41) is 3.67. The summed E-state index contributed by atoms with van der Waals surface area (Å²) in [4.78, 5) is 2.71. The van der Waals surface area contributed by atoms with Crippen molar-refractivity contribution in [2.45, 2.75) is 44.7 Å². The summed E-state index contributed by atoms with van der Waals surface area (Å²) in [5.74, 6) is 0.939. The molecular formula is C17H26N2. The number of benzene rings is 1. The average Bonchev–Trinajstić information content (AvgIpc) is 3.02. The topological polar surface area (TPSA) is 15.3 Å². The second kappa shape index (κ2) is 6.06. The van der Waals surface area contributed by atoms with E-state index in [2.05, 4.69) is 47.5 Å². The van der Waals surface area contributed by atoms with E-state index in [1.807, 2.05) is 0 Å². The number of piperazine rings is 1. The molecule has 0 spiro atoms. The third-order valence-corrected chi connectivity index (χ3v) is 5.07. The van der Waals surface area contributed by atoms with Crippen LogP contribution in [-0.4, -0.2) is 30.6 Å². The predicted molar refractivity (Wildman–Crippen MR) is 80.2 cm³/mol. The maximum Gasteiger partial charge on any atom is 0.0449 e. The largest absolute Gasteiger partial charge is 0.308 e. The van der Waals surface area contributed by atoms with Gasteiger partial charge in [0, 0.05) is 31.7 Å². The summed E-state index contributed by atoms with van der Waals surface area (Å²) >= 11 is 0. The van der Waals surface area contributed by atoms with Crippen molar-refractivity contribution in [3.63, 3.8) is 0 Å². The van der Waals surface area contributed by atoms with Crippen LogP contribution in [0.25, 0.3) is 0 Å². The van der Waals surface area contributed by atoms with E-state index in [1.165, 1.54) is 44.3 Å². The van der Waals surface area contributed by atoms with Gasteiger partial charge in [-0.05, 0) is 31.2 Å². The molecule has 1 heterocycles. The van der Waals surface area contributed by atoms with Crippen LogP contribution in [0.4, 0.5) is 0 Å². The maximum atomic E-state index is 3.67. The highest BCUT2D eigenvalue weighted by atomic mass is 15.2. The summed E-state index contributed by atoms with van der Waals surface area (Å²) in [6, 6.07) is 12.2. The molecule has 2 nitrogen and oxygen atoms in total. The molecule has 19 heavy (non-hydrogen) atoms. The van der Waals surface area contributed by atoms with E-state index in [4.69, 9.17) is 0 Å². The van der Waals surface area contributed by atoms with Gasteiger partial charge in [0.25, 0.3) is 0 Å². The molecule has 0 amide bonds. The smallest absolute Gasteiger partial charge is 0.0449 e. The summed E-state index contributed by atoms with van der Waals surface area (Å²) in [5.41, 5.74) is 1.44. The lowest BCUT2D eigenvalue weighted by Gasteiger charge is -2.40. The zero-order valence-corrected chi connectivity index (χ0v) is 12.0. The van der Waals surface area contributed by atoms with Crippen LogP contribution in [0.2, 0.25) is 0 Å². The number of hydrogen-bond donors (Lipinski definition) is 1. The summed E-state index contributed by atoms with van der Waals surface area (Å²) in [6.45, 7) is 5.95. The molecule has 2 heteroatoms. The monoisotopic (exact) mass is 258 g/mol. The Morgan fingerprint density at radius 3 is 2.63 bits per heavy atom. The molecule has 104 valence electrons. The fourth-order valence-electron chi connectivity index (χ4n) is 3.79. The molecule has 2 fully saturated rings. The Balaban J connectivity index is 1.64. The minimum Gasteiger partial charge on any atom is -0.308 e. The van der Waals surface area contributed by atoms with E-state index in [-0.39, 0.29) is 0 Å². The van der Waals surface area contributed by atoms with Gasteiger partial charge in [-0.15, -0.1) is 0 Å². The Hall–Kier alpha value is -0.860. The Bertz CT molecular complexity index is 384. The van der Waals surface area contributed by atoms with Gasteiger partial charge in [0.15, 0.2) is 0 Å². The molecule has 1 aliphatic carbocycles. The molecule has 1 saturated heterocycles. The fourth-order valence-corrected chi connectivity index (χ4v) is 3.79.